The molecule has 22 heavy (non-hydrogen) atoms. The lowest BCUT2D eigenvalue weighted by atomic mass is 10.1. The zero-order valence-electron chi connectivity index (χ0n) is 12.1. The van der Waals surface area contributed by atoms with Gasteiger partial charge in [0.2, 0.25) is 0 Å². The largest absolute Gasteiger partial charge is 0.326 e. The van der Waals surface area contributed by atoms with Gasteiger partial charge >= 0.3 is 0 Å². The first-order valence-electron chi connectivity index (χ1n) is 7.24. The number of halogens is 2. The van der Waals surface area contributed by atoms with Crippen LogP contribution in [0.15, 0.2) is 42.5 Å². The van der Waals surface area contributed by atoms with Crippen LogP contribution in [0.3, 0.4) is 0 Å². The maximum absolute atomic E-state index is 6.14. The molecule has 0 amide bonds. The van der Waals surface area contributed by atoms with Gasteiger partial charge in [0.1, 0.15) is 5.82 Å². The quantitative estimate of drug-likeness (QED) is 0.582. The Morgan fingerprint density at radius 2 is 1.77 bits per heavy atom. The summed E-state index contributed by atoms with van der Waals surface area (Å²) in [6, 6.07) is 14.2. The van der Waals surface area contributed by atoms with E-state index in [1.54, 1.807) is 6.07 Å². The summed E-state index contributed by atoms with van der Waals surface area (Å²) in [6.45, 7) is 2.98. The van der Waals surface area contributed by atoms with Gasteiger partial charge in [0.05, 0.1) is 5.52 Å². The highest BCUT2D eigenvalue weighted by atomic mass is 35.5. The van der Waals surface area contributed by atoms with Gasteiger partial charge in [0.15, 0.2) is 0 Å². The molecule has 2 aromatic carbocycles. The van der Waals surface area contributed by atoms with Gasteiger partial charge in [-0.15, -0.1) is 0 Å². The maximum atomic E-state index is 6.14. The van der Waals surface area contributed by atoms with Crippen molar-refractivity contribution >= 4 is 45.6 Å². The lowest BCUT2D eigenvalue weighted by Crippen LogP contribution is -2.14. The molecule has 0 bridgehead atoms. The second-order valence-corrected chi connectivity index (χ2v) is 6.57. The Labute approximate surface area is 139 Å². The molecule has 1 aromatic heterocycles. The predicted octanol–water partition coefficient (Wildman–Crippen LogP) is 5.54. The summed E-state index contributed by atoms with van der Waals surface area (Å²) in [5, 5.41) is 2.48. The molecule has 0 fully saturated rings. The maximum Gasteiger partial charge on any atom is 0.137 e. The molecular formula is C18H14Cl2N2. The molecule has 0 aliphatic carbocycles. The second kappa shape index (κ2) is 5.15. The minimum Gasteiger partial charge on any atom is -0.326 e. The van der Waals surface area contributed by atoms with Crippen molar-refractivity contribution in [3.05, 3.63) is 63.6 Å². The molecule has 3 aromatic rings. The van der Waals surface area contributed by atoms with Gasteiger partial charge in [-0.1, -0.05) is 35.3 Å². The fraction of sp³-hybridized carbons (Fsp3) is 0.167. The van der Waals surface area contributed by atoms with Crippen LogP contribution in [0, 0.1) is 6.92 Å². The summed E-state index contributed by atoms with van der Waals surface area (Å²) in [6.07, 6.45) is 0.982. The fourth-order valence-electron chi connectivity index (χ4n) is 3.01. The molecule has 2 heterocycles. The highest BCUT2D eigenvalue weighted by Crippen LogP contribution is 2.37. The summed E-state index contributed by atoms with van der Waals surface area (Å²) in [4.78, 5) is 7.06. The summed E-state index contributed by atoms with van der Waals surface area (Å²) in [7, 11) is 0. The third kappa shape index (κ3) is 2.33. The SMILES string of the molecule is Cc1ccc2cc3c(nc2c1)N(c1cc(Cl)cc(Cl)c1)CC3. The molecule has 0 unspecified atom stereocenters. The summed E-state index contributed by atoms with van der Waals surface area (Å²) >= 11 is 12.3. The minimum atomic E-state index is 0.646. The monoisotopic (exact) mass is 328 g/mol. The molecular weight excluding hydrogens is 315 g/mol. The van der Waals surface area contributed by atoms with Crippen molar-refractivity contribution in [3.8, 4) is 0 Å². The van der Waals surface area contributed by atoms with E-state index < -0.39 is 0 Å². The third-order valence-electron chi connectivity index (χ3n) is 4.05. The van der Waals surface area contributed by atoms with Crippen LogP contribution < -0.4 is 4.90 Å². The van der Waals surface area contributed by atoms with Crippen LogP contribution in [0.4, 0.5) is 11.5 Å². The van der Waals surface area contributed by atoms with Crippen molar-refractivity contribution in [2.75, 3.05) is 11.4 Å². The number of anilines is 2. The molecule has 1 aliphatic heterocycles. The van der Waals surface area contributed by atoms with Crippen molar-refractivity contribution in [1.29, 1.82) is 0 Å². The topological polar surface area (TPSA) is 16.1 Å². The van der Waals surface area contributed by atoms with Crippen LogP contribution in [0.5, 0.6) is 0 Å². The van der Waals surface area contributed by atoms with E-state index in [2.05, 4.69) is 36.1 Å². The minimum absolute atomic E-state index is 0.646. The Morgan fingerprint density at radius 1 is 1.00 bits per heavy atom. The first-order chi connectivity index (χ1) is 10.6. The Bertz CT molecular complexity index is 869. The standard InChI is InChI=1S/C18H14Cl2N2/c1-11-2-3-12-7-13-4-5-22(18(13)21-17(12)6-11)16-9-14(19)8-15(20)10-16/h2-3,6-10H,4-5H2,1H3. The van der Waals surface area contributed by atoms with Gasteiger partial charge in [-0.25, -0.2) is 4.98 Å². The van der Waals surface area contributed by atoms with Crippen LogP contribution >= 0.6 is 23.2 Å². The van der Waals surface area contributed by atoms with E-state index in [1.165, 1.54) is 16.5 Å². The highest BCUT2D eigenvalue weighted by molar-refractivity contribution is 6.35. The molecule has 2 nitrogen and oxygen atoms in total. The second-order valence-electron chi connectivity index (χ2n) is 5.70. The molecule has 0 atom stereocenters. The average molecular weight is 329 g/mol. The predicted molar refractivity (Wildman–Crippen MR) is 93.7 cm³/mol. The van der Waals surface area contributed by atoms with Crippen molar-refractivity contribution in [2.24, 2.45) is 0 Å². The summed E-state index contributed by atoms with van der Waals surface area (Å²) < 4.78 is 0. The fourth-order valence-corrected chi connectivity index (χ4v) is 3.53. The number of rotatable bonds is 1. The van der Waals surface area contributed by atoms with E-state index in [9.17, 15) is 0 Å². The number of pyridine rings is 1. The summed E-state index contributed by atoms with van der Waals surface area (Å²) in [5.74, 6) is 1.01. The number of hydrogen-bond acceptors (Lipinski definition) is 2. The van der Waals surface area contributed by atoms with Gasteiger partial charge in [0.25, 0.3) is 0 Å². The lowest BCUT2D eigenvalue weighted by molar-refractivity contribution is 0.991. The van der Waals surface area contributed by atoms with Gasteiger partial charge in [-0.3, -0.25) is 0 Å². The Morgan fingerprint density at radius 3 is 2.55 bits per heavy atom. The Hall–Kier alpha value is -1.77. The molecule has 0 spiro atoms. The normalized spacial score (nSPS) is 13.7. The number of nitrogens with zero attached hydrogens (tertiary/aromatic N) is 2. The number of fused-ring (bicyclic) bond motifs is 2. The van der Waals surface area contributed by atoms with Crippen LogP contribution in [-0.4, -0.2) is 11.5 Å². The van der Waals surface area contributed by atoms with Gasteiger partial charge in [-0.05, 0) is 54.8 Å². The first-order valence-corrected chi connectivity index (χ1v) is 8.00. The number of benzene rings is 2. The van der Waals surface area contributed by atoms with E-state index in [1.807, 2.05) is 12.1 Å². The highest BCUT2D eigenvalue weighted by Gasteiger charge is 2.23. The molecule has 0 saturated heterocycles. The smallest absolute Gasteiger partial charge is 0.137 e. The van der Waals surface area contributed by atoms with Crippen molar-refractivity contribution in [2.45, 2.75) is 13.3 Å². The average Bonchev–Trinajstić information content (AvgIpc) is 2.86. The molecule has 0 N–H and O–H groups in total. The third-order valence-corrected chi connectivity index (χ3v) is 4.49. The van der Waals surface area contributed by atoms with E-state index in [4.69, 9.17) is 28.2 Å². The van der Waals surface area contributed by atoms with E-state index in [0.29, 0.717) is 10.0 Å². The van der Waals surface area contributed by atoms with Gasteiger partial charge in [-0.2, -0.15) is 0 Å². The molecule has 0 saturated carbocycles. The lowest BCUT2D eigenvalue weighted by Gasteiger charge is -2.19. The van der Waals surface area contributed by atoms with Crippen LogP contribution in [-0.2, 0) is 6.42 Å². The molecule has 1 aliphatic rings. The Kier molecular flexibility index (Phi) is 3.24. The van der Waals surface area contributed by atoms with E-state index >= 15 is 0 Å². The van der Waals surface area contributed by atoms with Crippen molar-refractivity contribution in [3.63, 3.8) is 0 Å². The van der Waals surface area contributed by atoms with Gasteiger partial charge in [0, 0.05) is 27.7 Å². The van der Waals surface area contributed by atoms with Crippen molar-refractivity contribution < 1.29 is 0 Å². The number of aromatic nitrogens is 1. The zero-order chi connectivity index (χ0) is 15.3. The van der Waals surface area contributed by atoms with E-state index in [0.717, 1.165) is 30.0 Å². The molecule has 4 heteroatoms. The van der Waals surface area contributed by atoms with Crippen LogP contribution in [0.25, 0.3) is 10.9 Å². The number of hydrogen-bond donors (Lipinski definition) is 0. The first kappa shape index (κ1) is 13.9. The van der Waals surface area contributed by atoms with Crippen molar-refractivity contribution in [1.82, 2.24) is 4.98 Å². The van der Waals surface area contributed by atoms with Crippen LogP contribution in [0.1, 0.15) is 11.1 Å². The van der Waals surface area contributed by atoms with Crippen LogP contribution in [0.2, 0.25) is 10.0 Å². The number of aryl methyl sites for hydroxylation is 1. The Balaban J connectivity index is 1.87. The molecule has 4 rings (SSSR count). The molecule has 110 valence electrons. The summed E-state index contributed by atoms with van der Waals surface area (Å²) in [5.41, 5.74) is 4.51. The van der Waals surface area contributed by atoms with Gasteiger partial charge < -0.3 is 4.90 Å². The van der Waals surface area contributed by atoms with E-state index in [-0.39, 0.29) is 0 Å². The molecule has 0 radical (unpaired) electrons. The zero-order valence-corrected chi connectivity index (χ0v) is 13.6.